The molecule has 6 nitrogen and oxygen atoms in total. The summed E-state index contributed by atoms with van der Waals surface area (Å²) in [6.07, 6.45) is -0.217. The van der Waals surface area contributed by atoms with Gasteiger partial charge in [0.15, 0.2) is 9.84 Å². The van der Waals surface area contributed by atoms with Crippen LogP contribution < -0.4 is 10.6 Å². The van der Waals surface area contributed by atoms with Gasteiger partial charge in [-0.3, -0.25) is 9.59 Å². The lowest BCUT2D eigenvalue weighted by Gasteiger charge is -2.12. The van der Waals surface area contributed by atoms with E-state index in [4.69, 9.17) is 0 Å². The van der Waals surface area contributed by atoms with Crippen molar-refractivity contribution in [2.24, 2.45) is 0 Å². The number of nitrogens with one attached hydrogen (secondary N) is 2. The summed E-state index contributed by atoms with van der Waals surface area (Å²) in [5.41, 5.74) is 2.27. The highest BCUT2D eigenvalue weighted by molar-refractivity contribution is 7.91. The zero-order valence-corrected chi connectivity index (χ0v) is 17.3. The number of para-hydroxylation sites is 1. The number of hydrogen-bond donors (Lipinski definition) is 2. The second kappa shape index (κ2) is 9.37. The van der Waals surface area contributed by atoms with Crippen molar-refractivity contribution in [3.8, 4) is 0 Å². The van der Waals surface area contributed by atoms with E-state index in [0.29, 0.717) is 16.9 Å². The Morgan fingerprint density at radius 3 is 2.27 bits per heavy atom. The number of rotatable bonds is 7. The lowest BCUT2D eigenvalue weighted by molar-refractivity contribution is -0.115. The van der Waals surface area contributed by atoms with E-state index in [2.05, 4.69) is 10.6 Å². The van der Waals surface area contributed by atoms with Crippen LogP contribution in [-0.2, 0) is 14.6 Å². The predicted octanol–water partition coefficient (Wildman–Crippen LogP) is 4.05. The summed E-state index contributed by atoms with van der Waals surface area (Å²) in [4.78, 5) is 25.2. The normalized spacial score (nSPS) is 11.0. The van der Waals surface area contributed by atoms with E-state index in [1.54, 1.807) is 48.5 Å². The van der Waals surface area contributed by atoms with Crippen molar-refractivity contribution in [3.63, 3.8) is 0 Å². The maximum Gasteiger partial charge on any atom is 0.257 e. The molecule has 7 heteroatoms. The molecule has 2 N–H and O–H groups in total. The molecule has 30 heavy (non-hydrogen) atoms. The van der Waals surface area contributed by atoms with Gasteiger partial charge < -0.3 is 10.6 Å². The van der Waals surface area contributed by atoms with Gasteiger partial charge >= 0.3 is 0 Å². The molecule has 0 saturated carbocycles. The van der Waals surface area contributed by atoms with Crippen LogP contribution in [-0.4, -0.2) is 26.0 Å². The van der Waals surface area contributed by atoms with E-state index < -0.39 is 15.7 Å². The molecule has 0 saturated heterocycles. The molecule has 0 aliphatic rings. The van der Waals surface area contributed by atoms with Crippen molar-refractivity contribution in [2.45, 2.75) is 18.2 Å². The quantitative estimate of drug-likeness (QED) is 0.601. The average molecular weight is 423 g/mol. The van der Waals surface area contributed by atoms with E-state index >= 15 is 0 Å². The fraction of sp³-hybridized carbons (Fsp3) is 0.130. The highest BCUT2D eigenvalue weighted by atomic mass is 32.2. The highest BCUT2D eigenvalue weighted by Gasteiger charge is 2.18. The summed E-state index contributed by atoms with van der Waals surface area (Å²) < 4.78 is 24.7. The Bertz CT molecular complexity index is 1160. The van der Waals surface area contributed by atoms with E-state index in [1.165, 1.54) is 12.1 Å². The number of anilines is 2. The van der Waals surface area contributed by atoms with E-state index in [-0.39, 0.29) is 23.0 Å². The maximum atomic E-state index is 12.7. The molecule has 0 heterocycles. The van der Waals surface area contributed by atoms with Gasteiger partial charge in [0.1, 0.15) is 0 Å². The zero-order valence-electron chi connectivity index (χ0n) is 16.5. The number of aryl methyl sites for hydroxylation is 1. The molecule has 3 aromatic rings. The molecule has 0 aromatic heterocycles. The summed E-state index contributed by atoms with van der Waals surface area (Å²) >= 11 is 0. The van der Waals surface area contributed by atoms with Crippen LogP contribution in [0.3, 0.4) is 0 Å². The van der Waals surface area contributed by atoms with Gasteiger partial charge in [-0.1, -0.05) is 42.5 Å². The molecule has 3 rings (SSSR count). The zero-order chi connectivity index (χ0) is 21.6. The van der Waals surface area contributed by atoms with Crippen molar-refractivity contribution < 1.29 is 18.0 Å². The molecule has 0 radical (unpaired) electrons. The third kappa shape index (κ3) is 5.55. The lowest BCUT2D eigenvalue weighted by Crippen LogP contribution is -2.20. The molecule has 0 fully saturated rings. The third-order valence-corrected chi connectivity index (χ3v) is 6.15. The minimum Gasteiger partial charge on any atom is -0.325 e. The Morgan fingerprint density at radius 2 is 1.53 bits per heavy atom. The molecule has 154 valence electrons. The van der Waals surface area contributed by atoms with Crippen LogP contribution in [0.1, 0.15) is 22.3 Å². The molecular weight excluding hydrogens is 400 g/mol. The molecule has 0 spiro atoms. The largest absolute Gasteiger partial charge is 0.325 e. The molecule has 0 aliphatic carbocycles. The van der Waals surface area contributed by atoms with E-state index in [1.807, 2.05) is 25.1 Å². The third-order valence-electron chi connectivity index (χ3n) is 4.42. The fourth-order valence-electron chi connectivity index (χ4n) is 2.90. The van der Waals surface area contributed by atoms with Gasteiger partial charge in [-0.2, -0.15) is 0 Å². The molecule has 0 atom stereocenters. The van der Waals surface area contributed by atoms with Gasteiger partial charge in [-0.25, -0.2) is 8.42 Å². The SMILES string of the molecule is Cc1cccc(NC(=O)c2ccccc2NC(=O)CCS(=O)(=O)c2ccccc2)c1. The first-order valence-corrected chi connectivity index (χ1v) is 11.0. The molecular formula is C23H22N2O4S. The Balaban J connectivity index is 1.67. The van der Waals surface area contributed by atoms with Gasteiger partial charge in [0, 0.05) is 12.1 Å². The number of amides is 2. The van der Waals surface area contributed by atoms with Gasteiger partial charge in [0.2, 0.25) is 5.91 Å². The summed E-state index contributed by atoms with van der Waals surface area (Å²) in [5.74, 6) is -1.17. The van der Waals surface area contributed by atoms with Crippen molar-refractivity contribution in [3.05, 3.63) is 90.0 Å². The van der Waals surface area contributed by atoms with Crippen LogP contribution in [0.2, 0.25) is 0 Å². The van der Waals surface area contributed by atoms with Crippen LogP contribution >= 0.6 is 0 Å². The van der Waals surface area contributed by atoms with Crippen molar-refractivity contribution in [1.82, 2.24) is 0 Å². The van der Waals surface area contributed by atoms with Crippen LogP contribution in [0.15, 0.2) is 83.8 Å². The van der Waals surface area contributed by atoms with Crippen LogP contribution in [0.4, 0.5) is 11.4 Å². The van der Waals surface area contributed by atoms with Crippen LogP contribution in [0, 0.1) is 6.92 Å². The first-order valence-electron chi connectivity index (χ1n) is 9.40. The number of carbonyl (C=O) groups is 2. The monoisotopic (exact) mass is 422 g/mol. The standard InChI is InChI=1S/C23H22N2O4S/c1-17-8-7-9-18(16-17)24-23(27)20-12-5-6-13-21(20)25-22(26)14-15-30(28,29)19-10-3-2-4-11-19/h2-13,16H,14-15H2,1H3,(H,24,27)(H,25,26). The minimum atomic E-state index is -3.56. The number of benzene rings is 3. The maximum absolute atomic E-state index is 12.7. The second-order valence-electron chi connectivity index (χ2n) is 6.80. The number of sulfone groups is 1. The number of carbonyl (C=O) groups excluding carboxylic acids is 2. The minimum absolute atomic E-state index is 0.177. The highest BCUT2D eigenvalue weighted by Crippen LogP contribution is 2.19. The van der Waals surface area contributed by atoms with E-state index in [0.717, 1.165) is 5.56 Å². The molecule has 3 aromatic carbocycles. The van der Waals surface area contributed by atoms with Gasteiger partial charge in [0.05, 0.1) is 21.9 Å². The van der Waals surface area contributed by atoms with Crippen molar-refractivity contribution >= 4 is 33.0 Å². The smallest absolute Gasteiger partial charge is 0.257 e. The van der Waals surface area contributed by atoms with Crippen molar-refractivity contribution in [1.29, 1.82) is 0 Å². The van der Waals surface area contributed by atoms with Crippen LogP contribution in [0.25, 0.3) is 0 Å². The molecule has 0 aliphatic heterocycles. The number of hydrogen-bond acceptors (Lipinski definition) is 4. The second-order valence-corrected chi connectivity index (χ2v) is 8.91. The predicted molar refractivity (Wildman–Crippen MR) is 117 cm³/mol. The summed E-state index contributed by atoms with van der Waals surface area (Å²) in [6.45, 7) is 1.92. The molecule has 0 bridgehead atoms. The summed E-state index contributed by atoms with van der Waals surface area (Å²) in [5, 5.41) is 5.45. The summed E-state index contributed by atoms with van der Waals surface area (Å²) in [6, 6.07) is 22.0. The Morgan fingerprint density at radius 1 is 0.833 bits per heavy atom. The topological polar surface area (TPSA) is 92.3 Å². The first kappa shape index (κ1) is 21.3. The van der Waals surface area contributed by atoms with Gasteiger partial charge in [-0.05, 0) is 48.9 Å². The molecule has 2 amide bonds. The van der Waals surface area contributed by atoms with Crippen LogP contribution in [0.5, 0.6) is 0 Å². The fourth-order valence-corrected chi connectivity index (χ4v) is 4.16. The van der Waals surface area contributed by atoms with Gasteiger partial charge in [0.25, 0.3) is 5.91 Å². The first-order chi connectivity index (χ1) is 14.3. The lowest BCUT2D eigenvalue weighted by atomic mass is 10.1. The average Bonchev–Trinajstić information content (AvgIpc) is 2.73. The molecule has 0 unspecified atom stereocenters. The van der Waals surface area contributed by atoms with Crippen molar-refractivity contribution in [2.75, 3.05) is 16.4 Å². The van der Waals surface area contributed by atoms with Gasteiger partial charge in [-0.15, -0.1) is 0 Å². The Kier molecular flexibility index (Phi) is 6.64. The Hall–Kier alpha value is -3.45. The summed E-state index contributed by atoms with van der Waals surface area (Å²) in [7, 11) is -3.56. The Labute approximate surface area is 175 Å². The van der Waals surface area contributed by atoms with E-state index in [9.17, 15) is 18.0 Å².